The van der Waals surface area contributed by atoms with Crippen molar-refractivity contribution in [3.8, 4) is 11.5 Å². The van der Waals surface area contributed by atoms with Gasteiger partial charge in [-0.05, 0) is 73.2 Å². The average Bonchev–Trinajstić information content (AvgIpc) is 2.76. The van der Waals surface area contributed by atoms with Crippen molar-refractivity contribution in [3.05, 3.63) is 64.1 Å². The Morgan fingerprint density at radius 1 is 0.967 bits per heavy atom. The Hall–Kier alpha value is -2.58. The van der Waals surface area contributed by atoms with Crippen LogP contribution in [-0.2, 0) is 12.8 Å². The number of fused-ring (bicyclic) bond motifs is 2. The maximum Gasteiger partial charge on any atom is 0.141 e. The molecule has 2 heterocycles. The molecule has 6 nitrogen and oxygen atoms in total. The summed E-state index contributed by atoms with van der Waals surface area (Å²) < 4.78 is 38.3. The molecule has 0 aliphatic carbocycles. The second kappa shape index (κ2) is 9.06. The van der Waals surface area contributed by atoms with Crippen molar-refractivity contribution >= 4 is 0 Å². The lowest BCUT2D eigenvalue weighted by molar-refractivity contribution is 0.0236. The Balaban J connectivity index is 1.27. The quantitative estimate of drug-likeness (QED) is 0.676. The molecule has 2 N–H and O–H groups in total. The number of hydrogen-bond donors (Lipinski definition) is 2. The number of nitroso groups, excluding NO2 is 1. The van der Waals surface area contributed by atoms with Gasteiger partial charge < -0.3 is 19.9 Å². The standard InChI is InChI=1S/C22H24F2N2O4/c23-15-3-7-19-13(9-15)1-5-21(29-19)17(26-28)11-25-12-18(27)22-6-2-14-10-16(24)4-8-20(14)30-22/h3-4,7-10,17-18,21-22,25,27H,1-2,5-6,11-12H2. The van der Waals surface area contributed by atoms with Gasteiger partial charge in [0.15, 0.2) is 0 Å². The summed E-state index contributed by atoms with van der Waals surface area (Å²) in [5.74, 6) is 0.550. The summed E-state index contributed by atoms with van der Waals surface area (Å²) in [6.45, 7) is 0.470. The van der Waals surface area contributed by atoms with Crippen LogP contribution in [0.15, 0.2) is 41.6 Å². The molecule has 0 amide bonds. The Kier molecular flexibility index (Phi) is 6.24. The molecule has 0 saturated heterocycles. The number of aryl methyl sites for hydroxylation is 2. The van der Waals surface area contributed by atoms with E-state index in [1.165, 1.54) is 24.3 Å². The monoisotopic (exact) mass is 418 g/mol. The molecule has 0 aromatic heterocycles. The number of aliphatic hydroxyl groups excluding tert-OH is 1. The van der Waals surface area contributed by atoms with Crippen LogP contribution in [0.5, 0.6) is 11.5 Å². The predicted molar refractivity (Wildman–Crippen MR) is 107 cm³/mol. The Morgan fingerprint density at radius 2 is 1.53 bits per heavy atom. The number of nitrogens with one attached hydrogen (secondary N) is 1. The van der Waals surface area contributed by atoms with E-state index in [1.54, 1.807) is 12.1 Å². The summed E-state index contributed by atoms with van der Waals surface area (Å²) in [6, 6.07) is 8.08. The fourth-order valence-electron chi connectivity index (χ4n) is 4.05. The molecule has 8 heteroatoms. The van der Waals surface area contributed by atoms with Crippen LogP contribution in [0.3, 0.4) is 0 Å². The molecule has 0 fully saturated rings. The first-order valence-electron chi connectivity index (χ1n) is 10.1. The van der Waals surface area contributed by atoms with Crippen LogP contribution >= 0.6 is 0 Å². The third-order valence-corrected chi connectivity index (χ3v) is 5.70. The molecule has 0 saturated carbocycles. The lowest BCUT2D eigenvalue weighted by Gasteiger charge is -2.31. The van der Waals surface area contributed by atoms with E-state index in [2.05, 4.69) is 10.5 Å². The first-order chi connectivity index (χ1) is 14.5. The SMILES string of the molecule is O=NC(CNCC(O)C1CCc2cc(F)ccc2O1)C1CCc2cc(F)ccc2O1. The summed E-state index contributed by atoms with van der Waals surface area (Å²) in [5.41, 5.74) is 1.58. The smallest absolute Gasteiger partial charge is 0.141 e. The zero-order valence-corrected chi connectivity index (χ0v) is 16.4. The van der Waals surface area contributed by atoms with Gasteiger partial charge in [-0.25, -0.2) is 8.78 Å². The zero-order chi connectivity index (χ0) is 21.1. The van der Waals surface area contributed by atoms with Crippen molar-refractivity contribution in [3.63, 3.8) is 0 Å². The first-order valence-corrected chi connectivity index (χ1v) is 10.1. The minimum Gasteiger partial charge on any atom is -0.488 e. The molecular formula is C22H24F2N2O4. The molecule has 0 bridgehead atoms. The molecule has 2 aromatic rings. The van der Waals surface area contributed by atoms with Crippen molar-refractivity contribution in [1.82, 2.24) is 5.32 Å². The summed E-state index contributed by atoms with van der Waals surface area (Å²) in [6.07, 6.45) is 0.783. The van der Waals surface area contributed by atoms with Crippen LogP contribution < -0.4 is 14.8 Å². The van der Waals surface area contributed by atoms with Gasteiger partial charge in [0.25, 0.3) is 0 Å². The minimum atomic E-state index is -0.786. The van der Waals surface area contributed by atoms with Crippen LogP contribution in [-0.4, -0.2) is 42.5 Å². The zero-order valence-electron chi connectivity index (χ0n) is 16.4. The van der Waals surface area contributed by atoms with Gasteiger partial charge in [0.1, 0.15) is 47.5 Å². The topological polar surface area (TPSA) is 80.2 Å². The van der Waals surface area contributed by atoms with Gasteiger partial charge in [0.05, 0.1) is 0 Å². The van der Waals surface area contributed by atoms with Gasteiger partial charge in [0, 0.05) is 13.1 Å². The largest absolute Gasteiger partial charge is 0.488 e. The number of halogens is 2. The van der Waals surface area contributed by atoms with E-state index in [4.69, 9.17) is 9.47 Å². The van der Waals surface area contributed by atoms with Crippen LogP contribution in [0.1, 0.15) is 24.0 Å². The van der Waals surface area contributed by atoms with Gasteiger partial charge in [0.2, 0.25) is 0 Å². The highest BCUT2D eigenvalue weighted by Gasteiger charge is 2.30. The maximum absolute atomic E-state index is 13.3. The number of aliphatic hydroxyl groups is 1. The molecule has 30 heavy (non-hydrogen) atoms. The summed E-state index contributed by atoms with van der Waals surface area (Å²) in [7, 11) is 0. The number of benzene rings is 2. The van der Waals surface area contributed by atoms with E-state index in [0.717, 1.165) is 11.1 Å². The average molecular weight is 418 g/mol. The number of rotatable bonds is 7. The Labute approximate surface area is 173 Å². The predicted octanol–water partition coefficient (Wildman–Crippen LogP) is 3.14. The molecule has 160 valence electrons. The second-order valence-electron chi connectivity index (χ2n) is 7.79. The van der Waals surface area contributed by atoms with E-state index >= 15 is 0 Å². The third kappa shape index (κ3) is 4.60. The lowest BCUT2D eigenvalue weighted by Crippen LogP contribution is -2.45. The minimum absolute atomic E-state index is 0.224. The Bertz CT molecular complexity index is 911. The molecule has 0 radical (unpaired) electrons. The summed E-state index contributed by atoms with van der Waals surface area (Å²) in [4.78, 5) is 11.4. The van der Waals surface area contributed by atoms with Crippen LogP contribution in [0.4, 0.5) is 8.78 Å². The van der Waals surface area contributed by atoms with Crippen molar-refractivity contribution in [2.45, 2.75) is 50.0 Å². The lowest BCUT2D eigenvalue weighted by atomic mass is 9.97. The molecule has 0 spiro atoms. The Morgan fingerprint density at radius 3 is 2.13 bits per heavy atom. The number of nitrogens with zero attached hydrogens (tertiary/aromatic N) is 1. The van der Waals surface area contributed by atoms with Gasteiger partial charge in [-0.2, -0.15) is 4.91 Å². The van der Waals surface area contributed by atoms with E-state index in [-0.39, 0.29) is 24.7 Å². The molecule has 4 unspecified atom stereocenters. The highest BCUT2D eigenvalue weighted by Crippen LogP contribution is 2.31. The van der Waals surface area contributed by atoms with Crippen LogP contribution in [0.25, 0.3) is 0 Å². The van der Waals surface area contributed by atoms with Gasteiger partial charge in [-0.15, -0.1) is 0 Å². The molecule has 4 atom stereocenters. The number of ether oxygens (including phenoxy) is 2. The fourth-order valence-corrected chi connectivity index (χ4v) is 4.05. The van der Waals surface area contributed by atoms with Gasteiger partial charge in [-0.3, -0.25) is 0 Å². The molecule has 4 rings (SSSR count). The van der Waals surface area contributed by atoms with Crippen molar-refractivity contribution in [2.24, 2.45) is 5.18 Å². The molecule has 2 aromatic carbocycles. The van der Waals surface area contributed by atoms with Crippen LogP contribution in [0.2, 0.25) is 0 Å². The van der Waals surface area contributed by atoms with E-state index in [9.17, 15) is 18.8 Å². The van der Waals surface area contributed by atoms with Gasteiger partial charge >= 0.3 is 0 Å². The molecular weight excluding hydrogens is 394 g/mol. The molecule has 2 aliphatic rings. The van der Waals surface area contributed by atoms with E-state index in [1.807, 2.05) is 0 Å². The van der Waals surface area contributed by atoms with Crippen molar-refractivity contribution in [1.29, 1.82) is 0 Å². The van der Waals surface area contributed by atoms with Crippen molar-refractivity contribution in [2.75, 3.05) is 13.1 Å². The fraction of sp³-hybridized carbons (Fsp3) is 0.455. The highest BCUT2D eigenvalue weighted by molar-refractivity contribution is 5.37. The molecule has 2 aliphatic heterocycles. The highest BCUT2D eigenvalue weighted by atomic mass is 19.1. The first kappa shape index (κ1) is 20.7. The number of hydrogen-bond acceptors (Lipinski definition) is 6. The third-order valence-electron chi connectivity index (χ3n) is 5.70. The summed E-state index contributed by atoms with van der Waals surface area (Å²) in [5, 5.41) is 16.7. The van der Waals surface area contributed by atoms with Crippen LogP contribution in [0, 0.1) is 16.5 Å². The van der Waals surface area contributed by atoms with Crippen molar-refractivity contribution < 1.29 is 23.4 Å². The summed E-state index contributed by atoms with van der Waals surface area (Å²) >= 11 is 0. The second-order valence-corrected chi connectivity index (χ2v) is 7.79. The van der Waals surface area contributed by atoms with E-state index < -0.39 is 24.4 Å². The normalized spacial score (nSPS) is 22.1. The van der Waals surface area contributed by atoms with E-state index in [0.29, 0.717) is 37.2 Å². The van der Waals surface area contributed by atoms with Gasteiger partial charge in [-0.1, -0.05) is 5.18 Å². The maximum atomic E-state index is 13.3.